The molecule has 0 aliphatic heterocycles. The van der Waals surface area contributed by atoms with Gasteiger partial charge in [0.15, 0.2) is 17.5 Å². The molecule has 0 spiro atoms. The Bertz CT molecular complexity index is 3410. The van der Waals surface area contributed by atoms with E-state index in [0.717, 1.165) is 16.7 Å². The van der Waals surface area contributed by atoms with Crippen molar-refractivity contribution in [1.29, 1.82) is 0 Å². The van der Waals surface area contributed by atoms with Crippen LogP contribution in [0.4, 0.5) is 0 Å². The fourth-order valence-electron chi connectivity index (χ4n) is 8.51. The number of benzene rings is 8. The number of para-hydroxylation sites is 2. The highest BCUT2D eigenvalue weighted by Gasteiger charge is 2.19. The summed E-state index contributed by atoms with van der Waals surface area (Å²) in [5, 5.41) is 7.56. The monoisotopic (exact) mass is 762 g/mol. The first kappa shape index (κ1) is 32.3. The van der Waals surface area contributed by atoms with Gasteiger partial charge in [-0.25, -0.2) is 15.0 Å². The second-order valence-electron chi connectivity index (χ2n) is 14.4. The zero-order valence-corrected chi connectivity index (χ0v) is 32.1. The summed E-state index contributed by atoms with van der Waals surface area (Å²) in [5.41, 5.74) is 8.95. The van der Waals surface area contributed by atoms with Crippen LogP contribution in [0.15, 0.2) is 182 Å². The van der Waals surface area contributed by atoms with Gasteiger partial charge in [0.1, 0.15) is 0 Å². The fraction of sp³-hybridized carbons (Fsp3) is 0. The van der Waals surface area contributed by atoms with Crippen molar-refractivity contribution < 1.29 is 0 Å². The summed E-state index contributed by atoms with van der Waals surface area (Å²) in [4.78, 5) is 15.1. The van der Waals surface area contributed by atoms with Crippen molar-refractivity contribution in [3.8, 4) is 51.0 Å². The van der Waals surface area contributed by atoms with Gasteiger partial charge >= 0.3 is 0 Å². The van der Waals surface area contributed by atoms with E-state index >= 15 is 0 Å². The molecule has 0 radical (unpaired) electrons. The second kappa shape index (κ2) is 12.8. The van der Waals surface area contributed by atoms with Crippen LogP contribution in [0, 0.1) is 0 Å². The Balaban J connectivity index is 1.06. The molecule has 12 aromatic rings. The van der Waals surface area contributed by atoms with Gasteiger partial charge in [-0.3, -0.25) is 0 Å². The summed E-state index contributed by atoms with van der Waals surface area (Å²) in [6, 6.07) is 64.9. The molecular formula is C51H30N4S2. The van der Waals surface area contributed by atoms with Gasteiger partial charge in [-0.2, -0.15) is 0 Å². The van der Waals surface area contributed by atoms with E-state index in [2.05, 4.69) is 150 Å². The quantitative estimate of drug-likeness (QED) is 0.175. The molecule has 4 heterocycles. The van der Waals surface area contributed by atoms with Gasteiger partial charge in [0.2, 0.25) is 0 Å². The van der Waals surface area contributed by atoms with Crippen LogP contribution >= 0.6 is 22.7 Å². The molecule has 4 nitrogen and oxygen atoms in total. The molecule has 4 aromatic heterocycles. The van der Waals surface area contributed by atoms with Crippen molar-refractivity contribution in [1.82, 2.24) is 19.5 Å². The minimum absolute atomic E-state index is 0.657. The van der Waals surface area contributed by atoms with E-state index in [0.29, 0.717) is 17.5 Å². The molecule has 0 bridgehead atoms. The second-order valence-corrected chi connectivity index (χ2v) is 16.5. The number of rotatable bonds is 5. The largest absolute Gasteiger partial charge is 0.309 e. The first-order valence-electron chi connectivity index (χ1n) is 19.0. The van der Waals surface area contributed by atoms with Crippen LogP contribution in [0.2, 0.25) is 0 Å². The van der Waals surface area contributed by atoms with E-state index in [1.54, 1.807) is 0 Å². The Morgan fingerprint density at radius 3 is 1.37 bits per heavy atom. The maximum Gasteiger partial charge on any atom is 0.164 e. The SMILES string of the molecule is c1ccc(-c2nc(-c3ccccc3)nc(-c3ccc4sc5cccc(-c6cccc7sc8ccc(-n9c%10ccccc%10c%10ccccc%109)cc8c67)c5c4c3)n2)cc1. The van der Waals surface area contributed by atoms with E-state index in [1.165, 1.54) is 79.0 Å². The summed E-state index contributed by atoms with van der Waals surface area (Å²) in [7, 11) is 0. The predicted octanol–water partition coefficient (Wildman–Crippen LogP) is 14.4. The third-order valence-corrected chi connectivity index (χ3v) is 13.3. The van der Waals surface area contributed by atoms with Crippen LogP contribution in [0.3, 0.4) is 0 Å². The molecule has 0 unspecified atom stereocenters. The van der Waals surface area contributed by atoms with Crippen molar-refractivity contribution in [2.45, 2.75) is 0 Å². The molecule has 0 N–H and O–H groups in total. The number of fused-ring (bicyclic) bond motifs is 9. The van der Waals surface area contributed by atoms with Crippen molar-refractivity contribution in [2.75, 3.05) is 0 Å². The standard InChI is InChI=1S/C51H30N4S2/c1-3-13-31(14-4-1)49-52-50(32-15-5-2-6-16-32)54-51(53-49)33-25-27-43-39(29-33)47-37(19-11-23-45(47)56-43)38-20-12-24-46-48(38)40-30-34(26-28-44(40)57-46)55-41-21-9-7-17-35(41)36-18-8-10-22-42(36)55/h1-30H. The zero-order valence-electron chi connectivity index (χ0n) is 30.4. The number of hydrogen-bond acceptors (Lipinski definition) is 5. The molecule has 0 saturated heterocycles. The normalized spacial score (nSPS) is 11.9. The Kier molecular flexibility index (Phi) is 7.24. The van der Waals surface area contributed by atoms with Crippen molar-refractivity contribution >= 4 is 84.8 Å². The zero-order chi connectivity index (χ0) is 37.5. The molecule has 57 heavy (non-hydrogen) atoms. The molecule has 266 valence electrons. The average Bonchev–Trinajstić information content (AvgIpc) is 3.96. The maximum absolute atomic E-state index is 5.07. The summed E-state index contributed by atoms with van der Waals surface area (Å²) in [6.45, 7) is 0. The first-order chi connectivity index (χ1) is 28.2. The fourth-order valence-corrected chi connectivity index (χ4v) is 10.7. The average molecular weight is 763 g/mol. The van der Waals surface area contributed by atoms with Gasteiger partial charge in [-0.15, -0.1) is 22.7 Å². The van der Waals surface area contributed by atoms with E-state index in [-0.39, 0.29) is 0 Å². The summed E-state index contributed by atoms with van der Waals surface area (Å²) >= 11 is 3.70. The minimum atomic E-state index is 0.657. The van der Waals surface area contributed by atoms with Gasteiger partial charge in [0.05, 0.1) is 11.0 Å². The van der Waals surface area contributed by atoms with Crippen molar-refractivity contribution in [3.63, 3.8) is 0 Å². The van der Waals surface area contributed by atoms with Crippen molar-refractivity contribution in [3.05, 3.63) is 182 Å². The van der Waals surface area contributed by atoms with Gasteiger partial charge in [-0.05, 0) is 71.8 Å². The number of hydrogen-bond donors (Lipinski definition) is 0. The number of aromatic nitrogens is 4. The lowest BCUT2D eigenvalue weighted by molar-refractivity contribution is 1.07. The summed E-state index contributed by atoms with van der Waals surface area (Å²) < 4.78 is 7.47. The molecule has 0 aliphatic carbocycles. The molecule has 0 fully saturated rings. The maximum atomic E-state index is 5.07. The van der Waals surface area contributed by atoms with Crippen LogP contribution < -0.4 is 0 Å². The summed E-state index contributed by atoms with van der Waals surface area (Å²) in [6.07, 6.45) is 0. The third kappa shape index (κ3) is 5.15. The number of nitrogens with zero attached hydrogens (tertiary/aromatic N) is 4. The van der Waals surface area contributed by atoms with Gasteiger partial charge in [0.25, 0.3) is 0 Å². The highest BCUT2D eigenvalue weighted by molar-refractivity contribution is 7.26. The molecule has 8 aromatic carbocycles. The van der Waals surface area contributed by atoms with Crippen LogP contribution in [-0.2, 0) is 0 Å². The Labute approximate surface area is 335 Å². The number of thiophene rings is 2. The molecular weight excluding hydrogens is 733 g/mol. The lowest BCUT2D eigenvalue weighted by atomic mass is 9.95. The predicted molar refractivity (Wildman–Crippen MR) is 242 cm³/mol. The molecule has 0 amide bonds. The van der Waals surface area contributed by atoms with Crippen LogP contribution in [0.1, 0.15) is 0 Å². The Hall–Kier alpha value is -6.99. The highest BCUT2D eigenvalue weighted by Crippen LogP contribution is 2.46. The molecule has 12 rings (SSSR count). The van der Waals surface area contributed by atoms with Crippen LogP contribution in [-0.4, -0.2) is 19.5 Å². The minimum Gasteiger partial charge on any atom is -0.309 e. The summed E-state index contributed by atoms with van der Waals surface area (Å²) in [5.74, 6) is 1.98. The van der Waals surface area contributed by atoms with Crippen LogP contribution in [0.5, 0.6) is 0 Å². The molecule has 0 aliphatic rings. The lowest BCUT2D eigenvalue weighted by Crippen LogP contribution is -2.00. The lowest BCUT2D eigenvalue weighted by Gasteiger charge is -2.11. The van der Waals surface area contributed by atoms with E-state index in [1.807, 2.05) is 59.1 Å². The van der Waals surface area contributed by atoms with Gasteiger partial charge in [-0.1, -0.05) is 121 Å². The van der Waals surface area contributed by atoms with E-state index in [9.17, 15) is 0 Å². The topological polar surface area (TPSA) is 43.6 Å². The van der Waals surface area contributed by atoms with Gasteiger partial charge < -0.3 is 4.57 Å². The van der Waals surface area contributed by atoms with Crippen molar-refractivity contribution in [2.24, 2.45) is 0 Å². The van der Waals surface area contributed by atoms with Crippen LogP contribution in [0.25, 0.3) is 113 Å². The van der Waals surface area contributed by atoms with E-state index < -0.39 is 0 Å². The smallest absolute Gasteiger partial charge is 0.164 e. The van der Waals surface area contributed by atoms with E-state index in [4.69, 9.17) is 15.0 Å². The highest BCUT2D eigenvalue weighted by atomic mass is 32.1. The first-order valence-corrected chi connectivity index (χ1v) is 20.7. The molecule has 6 heteroatoms. The van der Waals surface area contributed by atoms with Gasteiger partial charge in [0, 0.05) is 73.5 Å². The Morgan fingerprint density at radius 1 is 0.333 bits per heavy atom. The third-order valence-electron chi connectivity index (χ3n) is 11.1. The Morgan fingerprint density at radius 2 is 0.807 bits per heavy atom. The molecule has 0 saturated carbocycles. The molecule has 0 atom stereocenters.